The standard InChI is InChI=1S/C9H17N3/c1-4-8(3)11-9-10-6-7-12(9)5-2/h6-8H,4-5H2,1-3H3,(H,10,11). The monoisotopic (exact) mass is 167 g/mol. The van der Waals surface area contributed by atoms with Gasteiger partial charge in [0.15, 0.2) is 0 Å². The zero-order valence-corrected chi connectivity index (χ0v) is 8.04. The molecule has 3 heteroatoms. The van der Waals surface area contributed by atoms with Gasteiger partial charge in [-0.1, -0.05) is 6.92 Å². The number of hydrogen-bond donors (Lipinski definition) is 1. The predicted molar refractivity (Wildman–Crippen MR) is 51.3 cm³/mol. The van der Waals surface area contributed by atoms with Crippen molar-refractivity contribution in [3.8, 4) is 0 Å². The number of imidazole rings is 1. The van der Waals surface area contributed by atoms with Crippen LogP contribution in [0.2, 0.25) is 0 Å². The minimum atomic E-state index is 0.498. The van der Waals surface area contributed by atoms with Gasteiger partial charge >= 0.3 is 0 Å². The van der Waals surface area contributed by atoms with Gasteiger partial charge in [0, 0.05) is 25.0 Å². The molecule has 0 spiro atoms. The van der Waals surface area contributed by atoms with Gasteiger partial charge in [-0.25, -0.2) is 4.98 Å². The lowest BCUT2D eigenvalue weighted by Crippen LogP contribution is -2.16. The first kappa shape index (κ1) is 9.10. The smallest absolute Gasteiger partial charge is 0.202 e. The van der Waals surface area contributed by atoms with Crippen LogP contribution in [0.15, 0.2) is 12.4 Å². The molecule has 0 fully saturated rings. The van der Waals surface area contributed by atoms with E-state index in [-0.39, 0.29) is 0 Å². The molecule has 1 atom stereocenters. The summed E-state index contributed by atoms with van der Waals surface area (Å²) in [5.74, 6) is 0.979. The second-order valence-electron chi connectivity index (χ2n) is 2.99. The summed E-state index contributed by atoms with van der Waals surface area (Å²) in [7, 11) is 0. The first-order valence-electron chi connectivity index (χ1n) is 4.55. The Balaban J connectivity index is 2.61. The number of aryl methyl sites for hydroxylation is 1. The summed E-state index contributed by atoms with van der Waals surface area (Å²) >= 11 is 0. The van der Waals surface area contributed by atoms with Crippen LogP contribution in [0.5, 0.6) is 0 Å². The summed E-state index contributed by atoms with van der Waals surface area (Å²) in [5, 5.41) is 3.34. The largest absolute Gasteiger partial charge is 0.353 e. The van der Waals surface area contributed by atoms with Crippen molar-refractivity contribution in [3.05, 3.63) is 12.4 Å². The fourth-order valence-corrected chi connectivity index (χ4v) is 1.03. The van der Waals surface area contributed by atoms with Crippen molar-refractivity contribution in [3.63, 3.8) is 0 Å². The van der Waals surface area contributed by atoms with Gasteiger partial charge in [0.2, 0.25) is 5.95 Å². The van der Waals surface area contributed by atoms with Gasteiger partial charge < -0.3 is 9.88 Å². The van der Waals surface area contributed by atoms with Crippen molar-refractivity contribution in [2.45, 2.75) is 39.8 Å². The molecule has 0 saturated carbocycles. The molecular weight excluding hydrogens is 150 g/mol. The fourth-order valence-electron chi connectivity index (χ4n) is 1.03. The molecule has 0 aliphatic rings. The van der Waals surface area contributed by atoms with Gasteiger partial charge in [-0.2, -0.15) is 0 Å². The van der Waals surface area contributed by atoms with E-state index in [1.165, 1.54) is 0 Å². The summed E-state index contributed by atoms with van der Waals surface area (Å²) in [6.07, 6.45) is 4.94. The fraction of sp³-hybridized carbons (Fsp3) is 0.667. The molecule has 0 bridgehead atoms. The normalized spacial score (nSPS) is 12.9. The maximum atomic E-state index is 4.23. The average Bonchev–Trinajstić information content (AvgIpc) is 2.51. The van der Waals surface area contributed by atoms with E-state index < -0.39 is 0 Å². The number of rotatable bonds is 4. The van der Waals surface area contributed by atoms with Gasteiger partial charge in [-0.05, 0) is 20.3 Å². The zero-order chi connectivity index (χ0) is 8.97. The summed E-state index contributed by atoms with van der Waals surface area (Å²) < 4.78 is 2.10. The highest BCUT2D eigenvalue weighted by Crippen LogP contribution is 2.06. The molecule has 1 aromatic heterocycles. The Labute approximate surface area is 73.8 Å². The van der Waals surface area contributed by atoms with E-state index in [4.69, 9.17) is 0 Å². The number of anilines is 1. The van der Waals surface area contributed by atoms with Gasteiger partial charge in [-0.15, -0.1) is 0 Å². The zero-order valence-electron chi connectivity index (χ0n) is 8.04. The first-order valence-corrected chi connectivity index (χ1v) is 4.55. The van der Waals surface area contributed by atoms with E-state index in [1.54, 1.807) is 0 Å². The number of aromatic nitrogens is 2. The predicted octanol–water partition coefficient (Wildman–Crippen LogP) is 2.11. The van der Waals surface area contributed by atoms with E-state index >= 15 is 0 Å². The highest BCUT2D eigenvalue weighted by Gasteiger charge is 2.02. The molecule has 1 heterocycles. The van der Waals surface area contributed by atoms with Crippen LogP contribution in [-0.4, -0.2) is 15.6 Å². The van der Waals surface area contributed by atoms with Crippen LogP contribution >= 0.6 is 0 Å². The molecule has 0 aromatic carbocycles. The van der Waals surface area contributed by atoms with Crippen LogP contribution in [0, 0.1) is 0 Å². The molecule has 68 valence electrons. The second-order valence-corrected chi connectivity index (χ2v) is 2.99. The minimum Gasteiger partial charge on any atom is -0.353 e. The third kappa shape index (κ3) is 2.00. The molecule has 1 rings (SSSR count). The quantitative estimate of drug-likeness (QED) is 0.744. The number of nitrogens with zero attached hydrogens (tertiary/aromatic N) is 2. The molecule has 0 aliphatic carbocycles. The second kappa shape index (κ2) is 4.14. The number of nitrogens with one attached hydrogen (secondary N) is 1. The van der Waals surface area contributed by atoms with Gasteiger partial charge in [0.1, 0.15) is 0 Å². The Morgan fingerprint density at radius 1 is 1.58 bits per heavy atom. The van der Waals surface area contributed by atoms with Crippen molar-refractivity contribution >= 4 is 5.95 Å². The van der Waals surface area contributed by atoms with Crippen molar-refractivity contribution in [1.29, 1.82) is 0 Å². The molecule has 1 unspecified atom stereocenters. The molecule has 3 nitrogen and oxygen atoms in total. The molecular formula is C9H17N3. The minimum absolute atomic E-state index is 0.498. The third-order valence-electron chi connectivity index (χ3n) is 2.04. The molecule has 12 heavy (non-hydrogen) atoms. The lowest BCUT2D eigenvalue weighted by atomic mass is 10.3. The summed E-state index contributed by atoms with van der Waals surface area (Å²) in [4.78, 5) is 4.23. The van der Waals surface area contributed by atoms with Gasteiger partial charge in [-0.3, -0.25) is 0 Å². The maximum absolute atomic E-state index is 4.23. The van der Waals surface area contributed by atoms with Crippen molar-refractivity contribution in [1.82, 2.24) is 9.55 Å². The van der Waals surface area contributed by atoms with Crippen molar-refractivity contribution in [2.24, 2.45) is 0 Å². The Kier molecular flexibility index (Phi) is 3.14. The van der Waals surface area contributed by atoms with E-state index in [1.807, 2.05) is 12.4 Å². The highest BCUT2D eigenvalue weighted by molar-refractivity contribution is 5.26. The van der Waals surface area contributed by atoms with E-state index in [9.17, 15) is 0 Å². The lowest BCUT2D eigenvalue weighted by Gasteiger charge is -2.12. The van der Waals surface area contributed by atoms with Gasteiger partial charge in [0.05, 0.1) is 0 Å². The summed E-state index contributed by atoms with van der Waals surface area (Å²) in [6.45, 7) is 7.41. The Morgan fingerprint density at radius 2 is 2.33 bits per heavy atom. The molecule has 0 aliphatic heterocycles. The molecule has 1 N–H and O–H groups in total. The van der Waals surface area contributed by atoms with E-state index in [2.05, 4.69) is 35.6 Å². The maximum Gasteiger partial charge on any atom is 0.202 e. The summed E-state index contributed by atoms with van der Waals surface area (Å²) in [5.41, 5.74) is 0. The topological polar surface area (TPSA) is 29.9 Å². The van der Waals surface area contributed by atoms with E-state index in [0.29, 0.717) is 6.04 Å². The third-order valence-corrected chi connectivity index (χ3v) is 2.04. The van der Waals surface area contributed by atoms with Crippen LogP contribution < -0.4 is 5.32 Å². The van der Waals surface area contributed by atoms with Crippen LogP contribution in [-0.2, 0) is 6.54 Å². The Hall–Kier alpha value is -0.990. The first-order chi connectivity index (χ1) is 5.77. The molecule has 0 saturated heterocycles. The Morgan fingerprint density at radius 3 is 2.92 bits per heavy atom. The van der Waals surface area contributed by atoms with Gasteiger partial charge in [0.25, 0.3) is 0 Å². The summed E-state index contributed by atoms with van der Waals surface area (Å²) in [6, 6.07) is 0.498. The molecule has 1 aromatic rings. The van der Waals surface area contributed by atoms with Crippen LogP contribution in [0.4, 0.5) is 5.95 Å². The van der Waals surface area contributed by atoms with Crippen molar-refractivity contribution < 1.29 is 0 Å². The van der Waals surface area contributed by atoms with Crippen LogP contribution in [0.3, 0.4) is 0 Å². The highest BCUT2D eigenvalue weighted by atomic mass is 15.2. The SMILES string of the molecule is CCC(C)Nc1nccn1CC. The molecule has 0 radical (unpaired) electrons. The van der Waals surface area contributed by atoms with Crippen molar-refractivity contribution in [2.75, 3.05) is 5.32 Å². The lowest BCUT2D eigenvalue weighted by molar-refractivity contribution is 0.711. The van der Waals surface area contributed by atoms with E-state index in [0.717, 1.165) is 18.9 Å². The van der Waals surface area contributed by atoms with Crippen LogP contribution in [0.25, 0.3) is 0 Å². The molecule has 0 amide bonds. The average molecular weight is 167 g/mol. The van der Waals surface area contributed by atoms with Crippen LogP contribution in [0.1, 0.15) is 27.2 Å². The number of hydrogen-bond acceptors (Lipinski definition) is 2. The Bertz CT molecular complexity index is 229.